The van der Waals surface area contributed by atoms with Gasteiger partial charge in [-0.15, -0.1) is 0 Å². The van der Waals surface area contributed by atoms with Crippen LogP contribution in [-0.4, -0.2) is 30.6 Å². The summed E-state index contributed by atoms with van der Waals surface area (Å²) < 4.78 is 11.1. The molecule has 0 radical (unpaired) electrons. The van der Waals surface area contributed by atoms with Gasteiger partial charge in [-0.3, -0.25) is 4.79 Å². The third-order valence-electron chi connectivity index (χ3n) is 6.57. The van der Waals surface area contributed by atoms with Crippen LogP contribution < -0.4 is 5.32 Å². The summed E-state index contributed by atoms with van der Waals surface area (Å²) in [5, 5.41) is 2.70. The fourth-order valence-corrected chi connectivity index (χ4v) is 4.52. The van der Waals surface area contributed by atoms with Gasteiger partial charge in [-0.2, -0.15) is 0 Å². The van der Waals surface area contributed by atoms with E-state index >= 15 is 0 Å². The summed E-state index contributed by atoms with van der Waals surface area (Å²) in [7, 11) is 0. The van der Waals surface area contributed by atoms with Crippen LogP contribution in [-0.2, 0) is 20.7 Å². The molecule has 0 aliphatic heterocycles. The highest BCUT2D eigenvalue weighted by Gasteiger charge is 2.34. The van der Waals surface area contributed by atoms with Crippen LogP contribution in [0.25, 0.3) is 0 Å². The van der Waals surface area contributed by atoms with Crippen LogP contribution in [0.2, 0.25) is 0 Å². The molecule has 0 saturated heterocycles. The molecule has 3 atom stereocenters. The van der Waals surface area contributed by atoms with Gasteiger partial charge in [0, 0.05) is 5.69 Å². The van der Waals surface area contributed by atoms with Crippen molar-refractivity contribution in [3.63, 3.8) is 0 Å². The zero-order chi connectivity index (χ0) is 24.7. The molecule has 0 unspecified atom stereocenters. The average molecular weight is 466 g/mol. The van der Waals surface area contributed by atoms with Crippen LogP contribution in [0.3, 0.4) is 0 Å². The zero-order valence-corrected chi connectivity index (χ0v) is 20.5. The minimum Gasteiger partial charge on any atom is -0.458 e. The van der Waals surface area contributed by atoms with Crippen molar-refractivity contribution in [1.82, 2.24) is 0 Å². The largest absolute Gasteiger partial charge is 0.458 e. The molecule has 1 saturated carbocycles. The van der Waals surface area contributed by atoms with E-state index in [-0.39, 0.29) is 17.2 Å². The maximum atomic E-state index is 13.0. The summed E-state index contributed by atoms with van der Waals surface area (Å²) in [5.74, 6) is -0.519. The molecule has 0 spiro atoms. The van der Waals surface area contributed by atoms with Gasteiger partial charge >= 0.3 is 11.9 Å². The lowest BCUT2D eigenvalue weighted by Gasteiger charge is -2.36. The van der Waals surface area contributed by atoms with E-state index in [2.05, 4.69) is 33.0 Å². The molecular weight excluding hydrogens is 430 g/mol. The number of amides is 1. The summed E-state index contributed by atoms with van der Waals surface area (Å²) in [4.78, 5) is 38.0. The van der Waals surface area contributed by atoms with E-state index in [0.29, 0.717) is 23.4 Å². The number of hydrogen-bond acceptors (Lipinski definition) is 5. The van der Waals surface area contributed by atoms with E-state index in [1.807, 2.05) is 12.1 Å². The first-order valence-corrected chi connectivity index (χ1v) is 12.1. The monoisotopic (exact) mass is 465 g/mol. The Bertz CT molecular complexity index is 998. The summed E-state index contributed by atoms with van der Waals surface area (Å²) in [6.45, 7) is 8.07. The smallest absolute Gasteiger partial charge is 0.339 e. The molecule has 1 aliphatic rings. The fraction of sp³-hybridized carbons (Fsp3) is 0.464. The van der Waals surface area contributed by atoms with Gasteiger partial charge in [0.25, 0.3) is 5.91 Å². The Morgan fingerprint density at radius 2 is 1.62 bits per heavy atom. The van der Waals surface area contributed by atoms with Crippen LogP contribution >= 0.6 is 0 Å². The second kappa shape index (κ2) is 11.8. The summed E-state index contributed by atoms with van der Waals surface area (Å²) in [6, 6.07) is 13.9. The topological polar surface area (TPSA) is 81.7 Å². The van der Waals surface area contributed by atoms with Gasteiger partial charge in [-0.05, 0) is 66.8 Å². The molecule has 1 fully saturated rings. The molecule has 6 heteroatoms. The number of aryl methyl sites for hydroxylation is 1. The number of rotatable bonds is 8. The van der Waals surface area contributed by atoms with Gasteiger partial charge in [-0.25, -0.2) is 9.59 Å². The van der Waals surface area contributed by atoms with Gasteiger partial charge in [0.15, 0.2) is 6.61 Å². The first kappa shape index (κ1) is 25.5. The number of ether oxygens (including phenoxy) is 2. The predicted octanol–water partition coefficient (Wildman–Crippen LogP) is 5.66. The van der Waals surface area contributed by atoms with Gasteiger partial charge in [-0.1, -0.05) is 58.4 Å². The molecule has 2 aromatic rings. The van der Waals surface area contributed by atoms with E-state index in [4.69, 9.17) is 9.47 Å². The molecular formula is C28H35NO5. The second-order valence-corrected chi connectivity index (χ2v) is 9.49. The highest BCUT2D eigenvalue weighted by Crippen LogP contribution is 2.35. The molecule has 182 valence electrons. The number of nitrogens with one attached hydrogen (secondary N) is 1. The summed E-state index contributed by atoms with van der Waals surface area (Å²) in [5.41, 5.74) is 2.04. The van der Waals surface area contributed by atoms with E-state index < -0.39 is 24.5 Å². The second-order valence-electron chi connectivity index (χ2n) is 9.49. The highest BCUT2D eigenvalue weighted by molar-refractivity contribution is 6.04. The van der Waals surface area contributed by atoms with Crippen molar-refractivity contribution in [3.05, 3.63) is 65.2 Å². The highest BCUT2D eigenvalue weighted by atomic mass is 16.5. The minimum absolute atomic E-state index is 0.0950. The lowest BCUT2D eigenvalue weighted by molar-refractivity contribution is -0.119. The van der Waals surface area contributed by atoms with Crippen molar-refractivity contribution in [2.45, 2.75) is 59.5 Å². The third kappa shape index (κ3) is 6.69. The quantitative estimate of drug-likeness (QED) is 0.509. The standard InChI is InChI=1S/C28H35NO5/c1-5-20-11-13-21(14-12-20)29-26(30)17-33-27(31)23-8-6-7-9-24(23)28(32)34-25-16-19(4)10-15-22(25)18(2)3/h6-9,11-14,18-19,22,25H,5,10,15-17H2,1-4H3,(H,29,30)/t19-,22-,25+/m0/s1. The number of hydrogen-bond donors (Lipinski definition) is 1. The fourth-order valence-electron chi connectivity index (χ4n) is 4.52. The van der Waals surface area contributed by atoms with Crippen molar-refractivity contribution in [1.29, 1.82) is 0 Å². The first-order valence-electron chi connectivity index (χ1n) is 12.1. The molecule has 1 N–H and O–H groups in total. The predicted molar refractivity (Wildman–Crippen MR) is 132 cm³/mol. The van der Waals surface area contributed by atoms with Crippen molar-refractivity contribution >= 4 is 23.5 Å². The molecule has 0 bridgehead atoms. The molecule has 3 rings (SSSR count). The van der Waals surface area contributed by atoms with Crippen molar-refractivity contribution in [2.75, 3.05) is 11.9 Å². The van der Waals surface area contributed by atoms with E-state index in [9.17, 15) is 14.4 Å². The van der Waals surface area contributed by atoms with Crippen LogP contribution in [0.15, 0.2) is 48.5 Å². The summed E-state index contributed by atoms with van der Waals surface area (Å²) in [6.07, 6.45) is 3.71. The van der Waals surface area contributed by atoms with Gasteiger partial charge in [0.2, 0.25) is 0 Å². The molecule has 1 aliphatic carbocycles. The number of esters is 2. The van der Waals surface area contributed by atoms with Gasteiger partial charge in [0.1, 0.15) is 6.10 Å². The van der Waals surface area contributed by atoms with E-state index in [0.717, 1.165) is 31.2 Å². The molecule has 6 nitrogen and oxygen atoms in total. The zero-order valence-electron chi connectivity index (χ0n) is 20.5. The first-order chi connectivity index (χ1) is 16.3. The van der Waals surface area contributed by atoms with Crippen LogP contribution in [0.5, 0.6) is 0 Å². The van der Waals surface area contributed by atoms with Gasteiger partial charge in [0.05, 0.1) is 11.1 Å². The molecule has 2 aromatic carbocycles. The molecule has 1 amide bonds. The Morgan fingerprint density at radius 3 is 2.24 bits per heavy atom. The van der Waals surface area contributed by atoms with Crippen LogP contribution in [0.1, 0.15) is 73.2 Å². The summed E-state index contributed by atoms with van der Waals surface area (Å²) >= 11 is 0. The molecule has 0 aromatic heterocycles. The normalized spacial score (nSPS) is 20.0. The Hall–Kier alpha value is -3.15. The SMILES string of the molecule is CCc1ccc(NC(=O)COC(=O)c2ccccc2C(=O)O[C@@H]2C[C@@H](C)CC[C@H]2C(C)C)cc1. The van der Waals surface area contributed by atoms with Crippen molar-refractivity contribution in [3.8, 4) is 0 Å². The Kier molecular flexibility index (Phi) is 8.85. The van der Waals surface area contributed by atoms with E-state index in [1.54, 1.807) is 30.3 Å². The number of carbonyl (C=O) groups excluding carboxylic acids is 3. The lowest BCUT2D eigenvalue weighted by Crippen LogP contribution is -2.36. The molecule has 34 heavy (non-hydrogen) atoms. The maximum Gasteiger partial charge on any atom is 0.339 e. The Morgan fingerprint density at radius 1 is 0.971 bits per heavy atom. The number of carbonyl (C=O) groups is 3. The van der Waals surface area contributed by atoms with Crippen molar-refractivity contribution < 1.29 is 23.9 Å². The Balaban J connectivity index is 1.62. The van der Waals surface area contributed by atoms with Crippen molar-refractivity contribution in [2.24, 2.45) is 17.8 Å². The molecule has 0 heterocycles. The Labute approximate surface area is 202 Å². The van der Waals surface area contributed by atoms with Crippen LogP contribution in [0, 0.1) is 17.8 Å². The van der Waals surface area contributed by atoms with E-state index in [1.165, 1.54) is 6.07 Å². The van der Waals surface area contributed by atoms with Crippen LogP contribution in [0.4, 0.5) is 5.69 Å². The van der Waals surface area contributed by atoms with Gasteiger partial charge < -0.3 is 14.8 Å². The minimum atomic E-state index is -0.735. The third-order valence-corrected chi connectivity index (χ3v) is 6.57. The average Bonchev–Trinajstić information content (AvgIpc) is 2.83. The maximum absolute atomic E-state index is 13.0. The number of benzene rings is 2. The lowest BCUT2D eigenvalue weighted by atomic mass is 9.75. The number of anilines is 1.